The number of halogens is 1. The van der Waals surface area contributed by atoms with Crippen LogP contribution < -0.4 is 10.6 Å². The monoisotopic (exact) mass is 289 g/mol. The molecule has 0 atom stereocenters. The van der Waals surface area contributed by atoms with Crippen LogP contribution in [0.3, 0.4) is 0 Å². The van der Waals surface area contributed by atoms with E-state index in [0.717, 1.165) is 58.5 Å². The van der Waals surface area contributed by atoms with E-state index in [-0.39, 0.29) is 23.7 Å². The summed E-state index contributed by atoms with van der Waals surface area (Å²) in [5, 5.41) is 6.48. The van der Waals surface area contributed by atoms with Gasteiger partial charge in [-0.25, -0.2) is 0 Å². The van der Waals surface area contributed by atoms with Crippen molar-refractivity contribution in [1.29, 1.82) is 0 Å². The molecule has 0 spiro atoms. The topological polar surface area (TPSA) is 44.4 Å². The Hall–Kier alpha value is -0.320. The van der Waals surface area contributed by atoms with E-state index < -0.39 is 0 Å². The summed E-state index contributed by atoms with van der Waals surface area (Å²) >= 11 is 0. The molecule has 1 heterocycles. The van der Waals surface area contributed by atoms with Crippen LogP contribution in [0.25, 0.3) is 0 Å². The maximum Gasteiger partial charge on any atom is 0.225 e. The second-order valence-electron chi connectivity index (χ2n) is 5.97. The first-order valence-corrected chi connectivity index (χ1v) is 7.42. The van der Waals surface area contributed by atoms with E-state index in [9.17, 15) is 4.79 Å². The molecular weight excluding hydrogens is 262 g/mol. The van der Waals surface area contributed by atoms with Gasteiger partial charge in [0, 0.05) is 38.1 Å². The molecule has 0 aromatic carbocycles. The third-order valence-corrected chi connectivity index (χ3v) is 4.40. The van der Waals surface area contributed by atoms with Gasteiger partial charge in [0.15, 0.2) is 0 Å². The Bertz CT molecular complexity index is 274. The quantitative estimate of drug-likeness (QED) is 0.752. The van der Waals surface area contributed by atoms with E-state index in [1.807, 2.05) is 0 Å². The van der Waals surface area contributed by atoms with Gasteiger partial charge in [-0.2, -0.15) is 0 Å². The zero-order valence-electron chi connectivity index (χ0n) is 12.0. The zero-order valence-corrected chi connectivity index (χ0v) is 12.9. The first-order valence-electron chi connectivity index (χ1n) is 7.42. The van der Waals surface area contributed by atoms with Gasteiger partial charge in [0.1, 0.15) is 0 Å². The number of carbonyl (C=O) groups is 1. The predicted octanol–water partition coefficient (Wildman–Crippen LogP) is 1.40. The second-order valence-corrected chi connectivity index (χ2v) is 5.97. The minimum Gasteiger partial charge on any atom is -0.356 e. The summed E-state index contributed by atoms with van der Waals surface area (Å²) in [5.41, 5.74) is -0.0744. The Morgan fingerprint density at radius 3 is 2.53 bits per heavy atom. The van der Waals surface area contributed by atoms with Gasteiger partial charge in [0.2, 0.25) is 5.91 Å². The lowest BCUT2D eigenvalue weighted by Crippen LogP contribution is -2.44. The lowest BCUT2D eigenvalue weighted by atomic mass is 9.88. The summed E-state index contributed by atoms with van der Waals surface area (Å²) in [5.74, 6) is 0.278. The molecule has 19 heavy (non-hydrogen) atoms. The molecule has 1 amide bonds. The van der Waals surface area contributed by atoms with Crippen LogP contribution in [-0.4, -0.2) is 50.1 Å². The first-order chi connectivity index (χ1) is 8.71. The third-order valence-electron chi connectivity index (χ3n) is 4.40. The fraction of sp³-hybridized carbons (Fsp3) is 0.929. The highest BCUT2D eigenvalue weighted by atomic mass is 35.5. The second kappa shape index (κ2) is 8.08. The molecule has 1 aliphatic carbocycles. The smallest absolute Gasteiger partial charge is 0.225 e. The summed E-state index contributed by atoms with van der Waals surface area (Å²) in [6, 6.07) is 0. The maximum atomic E-state index is 12.1. The average Bonchev–Trinajstić information content (AvgIpc) is 2.84. The molecule has 112 valence electrons. The highest BCUT2D eigenvalue weighted by Gasteiger charge is 2.35. The summed E-state index contributed by atoms with van der Waals surface area (Å²) in [6.45, 7) is 8.55. The summed E-state index contributed by atoms with van der Waals surface area (Å²) < 4.78 is 0. The molecular formula is C14H28ClN3O. The van der Waals surface area contributed by atoms with Crippen LogP contribution in [0, 0.1) is 5.41 Å². The zero-order chi connectivity index (χ0) is 12.8. The number of amides is 1. The van der Waals surface area contributed by atoms with Crippen LogP contribution in [0.4, 0.5) is 0 Å². The van der Waals surface area contributed by atoms with Gasteiger partial charge in [-0.05, 0) is 25.8 Å². The molecule has 0 aromatic rings. The van der Waals surface area contributed by atoms with Crippen LogP contribution in [0.15, 0.2) is 0 Å². The minimum absolute atomic E-state index is 0. The molecule has 1 saturated carbocycles. The Kier molecular flexibility index (Phi) is 7.11. The van der Waals surface area contributed by atoms with Crippen molar-refractivity contribution in [3.05, 3.63) is 0 Å². The highest BCUT2D eigenvalue weighted by molar-refractivity contribution is 5.85. The van der Waals surface area contributed by atoms with Crippen molar-refractivity contribution in [2.45, 2.75) is 39.0 Å². The largest absolute Gasteiger partial charge is 0.356 e. The molecule has 2 N–H and O–H groups in total. The number of piperazine rings is 1. The predicted molar refractivity (Wildman–Crippen MR) is 80.8 cm³/mol. The van der Waals surface area contributed by atoms with Gasteiger partial charge in [0.25, 0.3) is 0 Å². The van der Waals surface area contributed by atoms with E-state index in [1.54, 1.807) is 0 Å². The summed E-state index contributed by atoms with van der Waals surface area (Å²) in [4.78, 5) is 14.6. The normalized spacial score (nSPS) is 22.8. The van der Waals surface area contributed by atoms with Crippen molar-refractivity contribution in [2.75, 3.05) is 39.3 Å². The summed E-state index contributed by atoms with van der Waals surface area (Å²) in [6.07, 6.45) is 5.63. The molecule has 2 rings (SSSR count). The molecule has 2 fully saturated rings. The maximum absolute atomic E-state index is 12.1. The van der Waals surface area contributed by atoms with E-state index in [1.165, 1.54) is 12.8 Å². The Morgan fingerprint density at radius 2 is 1.89 bits per heavy atom. The van der Waals surface area contributed by atoms with Crippen molar-refractivity contribution >= 4 is 18.3 Å². The van der Waals surface area contributed by atoms with Gasteiger partial charge >= 0.3 is 0 Å². The summed E-state index contributed by atoms with van der Waals surface area (Å²) in [7, 11) is 0. The number of carbonyl (C=O) groups excluding carboxylic acids is 1. The number of rotatable bonds is 5. The van der Waals surface area contributed by atoms with Gasteiger partial charge in [-0.1, -0.05) is 19.8 Å². The lowest BCUT2D eigenvalue weighted by molar-refractivity contribution is -0.129. The minimum atomic E-state index is -0.0744. The van der Waals surface area contributed by atoms with Crippen LogP contribution in [0.5, 0.6) is 0 Å². The average molecular weight is 290 g/mol. The van der Waals surface area contributed by atoms with Gasteiger partial charge in [0.05, 0.1) is 0 Å². The van der Waals surface area contributed by atoms with Crippen molar-refractivity contribution in [3.63, 3.8) is 0 Å². The van der Waals surface area contributed by atoms with E-state index >= 15 is 0 Å². The number of nitrogens with one attached hydrogen (secondary N) is 2. The van der Waals surface area contributed by atoms with Crippen molar-refractivity contribution in [3.8, 4) is 0 Å². The Morgan fingerprint density at radius 1 is 1.26 bits per heavy atom. The first kappa shape index (κ1) is 16.7. The molecule has 0 aromatic heterocycles. The lowest BCUT2D eigenvalue weighted by Gasteiger charge is -2.27. The molecule has 0 unspecified atom stereocenters. The van der Waals surface area contributed by atoms with E-state index in [2.05, 4.69) is 22.5 Å². The third kappa shape index (κ3) is 4.93. The molecule has 0 bridgehead atoms. The van der Waals surface area contributed by atoms with Crippen LogP contribution in [0.1, 0.15) is 39.0 Å². The number of nitrogens with zero attached hydrogens (tertiary/aromatic N) is 1. The van der Waals surface area contributed by atoms with Crippen LogP contribution in [-0.2, 0) is 4.79 Å². The fourth-order valence-electron chi connectivity index (χ4n) is 3.04. The van der Waals surface area contributed by atoms with Gasteiger partial charge < -0.3 is 15.5 Å². The van der Waals surface area contributed by atoms with Gasteiger partial charge in [-0.3, -0.25) is 4.79 Å². The molecule has 4 nitrogen and oxygen atoms in total. The van der Waals surface area contributed by atoms with E-state index in [4.69, 9.17) is 0 Å². The Balaban J connectivity index is 0.00000180. The Labute approximate surface area is 123 Å². The SMILES string of the molecule is CC1(C(=O)NCCCN2CCNCC2)CCCC1.Cl. The fourth-order valence-corrected chi connectivity index (χ4v) is 3.04. The molecule has 5 heteroatoms. The number of hydrogen-bond donors (Lipinski definition) is 2. The van der Waals surface area contributed by atoms with Gasteiger partial charge in [-0.15, -0.1) is 12.4 Å². The van der Waals surface area contributed by atoms with Crippen molar-refractivity contribution in [2.24, 2.45) is 5.41 Å². The molecule has 0 radical (unpaired) electrons. The highest BCUT2D eigenvalue weighted by Crippen LogP contribution is 2.37. The van der Waals surface area contributed by atoms with Crippen LogP contribution >= 0.6 is 12.4 Å². The molecule has 2 aliphatic rings. The van der Waals surface area contributed by atoms with E-state index in [0.29, 0.717) is 0 Å². The number of hydrogen-bond acceptors (Lipinski definition) is 3. The van der Waals surface area contributed by atoms with Crippen LogP contribution in [0.2, 0.25) is 0 Å². The molecule has 1 aliphatic heterocycles. The van der Waals surface area contributed by atoms with Crippen molar-refractivity contribution in [1.82, 2.24) is 15.5 Å². The van der Waals surface area contributed by atoms with Crippen molar-refractivity contribution < 1.29 is 4.79 Å². The molecule has 1 saturated heterocycles. The standard InChI is InChI=1S/C14H27N3O.ClH/c1-14(5-2-3-6-14)13(18)16-7-4-10-17-11-8-15-9-12-17;/h15H,2-12H2,1H3,(H,16,18);1H.